The van der Waals surface area contributed by atoms with Gasteiger partial charge in [0, 0.05) is 43.0 Å². The minimum atomic E-state index is -4.18. The summed E-state index contributed by atoms with van der Waals surface area (Å²) in [5, 5.41) is 14.8. The molecule has 0 spiro atoms. The first-order valence-electron chi connectivity index (χ1n) is 12.9. The van der Waals surface area contributed by atoms with E-state index >= 15 is 4.39 Å². The third-order valence-corrected chi connectivity index (χ3v) is 9.01. The Bertz CT molecular complexity index is 1690. The fraction of sp³-hybridized carbons (Fsp3) is 0.259. The fourth-order valence-corrected chi connectivity index (χ4v) is 6.68. The molecule has 2 aromatic carbocycles. The number of hydrogen-bond acceptors (Lipinski definition) is 8. The van der Waals surface area contributed by atoms with Crippen molar-refractivity contribution < 1.29 is 27.1 Å². The molecule has 0 aliphatic carbocycles. The van der Waals surface area contributed by atoms with Crippen LogP contribution < -0.4 is 15.4 Å². The predicted molar refractivity (Wildman–Crippen MR) is 157 cm³/mol. The summed E-state index contributed by atoms with van der Waals surface area (Å²) in [5.74, 6) is -0.616. The molecule has 0 saturated carbocycles. The number of aromatic nitrogens is 3. The summed E-state index contributed by atoms with van der Waals surface area (Å²) in [7, 11) is -4.18. The molecule has 1 fully saturated rings. The fourth-order valence-electron chi connectivity index (χ4n) is 4.36. The summed E-state index contributed by atoms with van der Waals surface area (Å²) in [4.78, 5) is 24.9. The van der Waals surface area contributed by atoms with Crippen molar-refractivity contribution in [1.29, 1.82) is 0 Å². The van der Waals surface area contributed by atoms with Crippen molar-refractivity contribution in [3.05, 3.63) is 66.6 Å². The van der Waals surface area contributed by atoms with Crippen LogP contribution in [0.5, 0.6) is 0 Å². The SMILES string of the molecule is C[C@@H](CNc1nccc(-c2sc(-c3ccccc3)nc2-c2cccc(NS(=O)(=O)N3CC[C@@H](F)C3)c2F)n1)NC(=O)O. The van der Waals surface area contributed by atoms with Gasteiger partial charge in [0.05, 0.1) is 22.0 Å². The zero-order valence-electron chi connectivity index (χ0n) is 22.3. The summed E-state index contributed by atoms with van der Waals surface area (Å²) >= 11 is 1.28. The summed E-state index contributed by atoms with van der Waals surface area (Å²) in [6, 6.07) is 14.8. The summed E-state index contributed by atoms with van der Waals surface area (Å²) in [6.07, 6.45) is -0.824. The van der Waals surface area contributed by atoms with Crippen molar-refractivity contribution in [1.82, 2.24) is 24.6 Å². The molecule has 2 atom stereocenters. The topological polar surface area (TPSA) is 149 Å². The van der Waals surface area contributed by atoms with E-state index in [0.29, 0.717) is 15.6 Å². The van der Waals surface area contributed by atoms with Crippen LogP contribution in [0.15, 0.2) is 60.8 Å². The van der Waals surface area contributed by atoms with Crippen LogP contribution in [0.1, 0.15) is 13.3 Å². The van der Waals surface area contributed by atoms with Gasteiger partial charge >= 0.3 is 16.3 Å². The maximum Gasteiger partial charge on any atom is 0.404 e. The third-order valence-electron chi connectivity index (χ3n) is 6.40. The number of halogens is 2. The lowest BCUT2D eigenvalue weighted by Gasteiger charge is -2.18. The molecule has 0 radical (unpaired) electrons. The Morgan fingerprint density at radius 2 is 1.95 bits per heavy atom. The van der Waals surface area contributed by atoms with Crippen molar-refractivity contribution in [2.45, 2.75) is 25.6 Å². The second-order valence-electron chi connectivity index (χ2n) is 9.58. The van der Waals surface area contributed by atoms with Gasteiger partial charge in [-0.25, -0.2) is 28.5 Å². The lowest BCUT2D eigenvalue weighted by atomic mass is 10.1. The Kier molecular flexibility index (Phi) is 8.61. The van der Waals surface area contributed by atoms with Crippen molar-refractivity contribution in [2.75, 3.05) is 29.7 Å². The Balaban J connectivity index is 1.52. The van der Waals surface area contributed by atoms with Gasteiger partial charge in [-0.2, -0.15) is 12.7 Å². The van der Waals surface area contributed by atoms with Crippen LogP contribution >= 0.6 is 11.3 Å². The zero-order valence-corrected chi connectivity index (χ0v) is 23.9. The lowest BCUT2D eigenvalue weighted by Crippen LogP contribution is -2.36. The molecule has 42 heavy (non-hydrogen) atoms. The minimum Gasteiger partial charge on any atom is -0.465 e. The van der Waals surface area contributed by atoms with Crippen LogP contribution in [-0.2, 0) is 10.2 Å². The molecule has 3 heterocycles. The highest BCUT2D eigenvalue weighted by Gasteiger charge is 2.32. The van der Waals surface area contributed by atoms with Gasteiger partial charge in [0.25, 0.3) is 0 Å². The van der Waals surface area contributed by atoms with Gasteiger partial charge in [-0.3, -0.25) is 4.72 Å². The van der Waals surface area contributed by atoms with Crippen LogP contribution in [0.3, 0.4) is 0 Å². The third kappa shape index (κ3) is 6.64. The second kappa shape index (κ2) is 12.3. The van der Waals surface area contributed by atoms with Gasteiger partial charge < -0.3 is 15.7 Å². The number of benzene rings is 2. The number of rotatable bonds is 10. The summed E-state index contributed by atoms with van der Waals surface area (Å²) < 4.78 is 58.5. The number of amides is 1. The molecular formula is C27H27F2N7O4S2. The second-order valence-corrected chi connectivity index (χ2v) is 12.2. The number of nitrogens with zero attached hydrogens (tertiary/aromatic N) is 4. The van der Waals surface area contributed by atoms with E-state index < -0.39 is 34.3 Å². The van der Waals surface area contributed by atoms with E-state index in [4.69, 9.17) is 10.1 Å². The molecule has 11 nitrogen and oxygen atoms in total. The normalized spacial score (nSPS) is 16.2. The molecular weight excluding hydrogens is 588 g/mol. The Morgan fingerprint density at radius 3 is 2.67 bits per heavy atom. The van der Waals surface area contributed by atoms with Gasteiger partial charge in [-0.05, 0) is 31.5 Å². The van der Waals surface area contributed by atoms with Crippen molar-refractivity contribution in [2.24, 2.45) is 0 Å². The van der Waals surface area contributed by atoms with E-state index in [1.807, 2.05) is 30.3 Å². The number of carbonyl (C=O) groups is 1. The van der Waals surface area contributed by atoms with Gasteiger partial charge in [0.2, 0.25) is 5.95 Å². The smallest absolute Gasteiger partial charge is 0.404 e. The molecule has 1 aliphatic rings. The van der Waals surface area contributed by atoms with Crippen LogP contribution in [0.2, 0.25) is 0 Å². The van der Waals surface area contributed by atoms with E-state index in [9.17, 15) is 17.6 Å². The van der Waals surface area contributed by atoms with Crippen LogP contribution in [0, 0.1) is 5.82 Å². The molecule has 2 aromatic heterocycles. The number of hydrogen-bond donors (Lipinski definition) is 4. The van der Waals surface area contributed by atoms with Gasteiger partial charge in [0.1, 0.15) is 11.2 Å². The average molecular weight is 616 g/mol. The summed E-state index contributed by atoms with van der Waals surface area (Å²) in [6.45, 7) is 1.62. The highest BCUT2D eigenvalue weighted by Crippen LogP contribution is 2.42. The first kappa shape index (κ1) is 29.3. The first-order chi connectivity index (χ1) is 20.1. The Hall–Kier alpha value is -4.21. The van der Waals surface area contributed by atoms with E-state index in [1.54, 1.807) is 13.0 Å². The summed E-state index contributed by atoms with van der Waals surface area (Å²) in [5.41, 5.74) is 1.22. The minimum absolute atomic E-state index is 0.00368. The van der Waals surface area contributed by atoms with E-state index in [2.05, 4.69) is 25.3 Å². The van der Waals surface area contributed by atoms with Gasteiger partial charge in [0.15, 0.2) is 5.82 Å². The molecule has 4 aromatic rings. The molecule has 4 N–H and O–H groups in total. The van der Waals surface area contributed by atoms with Crippen LogP contribution in [0.25, 0.3) is 32.4 Å². The van der Waals surface area contributed by atoms with E-state index in [1.165, 1.54) is 35.7 Å². The monoisotopic (exact) mass is 615 g/mol. The molecule has 0 bridgehead atoms. The number of anilines is 2. The highest BCUT2D eigenvalue weighted by atomic mass is 32.2. The van der Waals surface area contributed by atoms with Crippen LogP contribution in [-0.4, -0.2) is 70.7 Å². The number of carboxylic acid groups (broad SMARTS) is 1. The molecule has 220 valence electrons. The van der Waals surface area contributed by atoms with E-state index in [0.717, 1.165) is 9.87 Å². The zero-order chi connectivity index (χ0) is 29.9. The molecule has 1 aliphatic heterocycles. The van der Waals surface area contributed by atoms with Crippen molar-refractivity contribution >= 4 is 39.3 Å². The Morgan fingerprint density at radius 1 is 1.17 bits per heavy atom. The number of thiazole rings is 1. The highest BCUT2D eigenvalue weighted by molar-refractivity contribution is 7.90. The maximum atomic E-state index is 16.0. The molecule has 0 unspecified atom stereocenters. The largest absolute Gasteiger partial charge is 0.465 e. The predicted octanol–water partition coefficient (Wildman–Crippen LogP) is 4.84. The van der Waals surface area contributed by atoms with Crippen molar-refractivity contribution in [3.8, 4) is 32.4 Å². The molecule has 1 amide bonds. The molecule has 5 rings (SSSR count). The van der Waals surface area contributed by atoms with Crippen molar-refractivity contribution in [3.63, 3.8) is 0 Å². The number of alkyl halides is 1. The van der Waals surface area contributed by atoms with Gasteiger partial charge in [-0.15, -0.1) is 11.3 Å². The van der Waals surface area contributed by atoms with E-state index in [-0.39, 0.29) is 48.9 Å². The van der Waals surface area contributed by atoms with Crippen LogP contribution in [0.4, 0.5) is 25.2 Å². The maximum absolute atomic E-state index is 16.0. The Labute approximate surface area is 244 Å². The number of nitrogens with one attached hydrogen (secondary N) is 3. The van der Waals surface area contributed by atoms with Gasteiger partial charge in [-0.1, -0.05) is 36.4 Å². The lowest BCUT2D eigenvalue weighted by molar-refractivity contribution is 0.191. The molecule has 15 heteroatoms. The first-order valence-corrected chi connectivity index (χ1v) is 15.2. The quantitative estimate of drug-likeness (QED) is 0.198. The average Bonchev–Trinajstić information content (AvgIpc) is 3.61. The molecule has 1 saturated heterocycles. The standard InChI is InChI=1S/C27H27F2N7O4S2/c1-16(32-27(37)38)14-31-26-30-12-10-21(33-26)24-23(34-25(41-24)17-6-3-2-4-7-17)19-8-5-9-20(22(19)29)35-42(39,40)36-13-11-18(28)15-36/h2-10,12,16,18,32,35H,11,13-15H2,1H3,(H,37,38)(H,30,31,33)/t16-,18+/m0/s1.